The smallest absolute Gasteiger partial charge is 0.191 e. The SMILES string of the molecule is CN=C(NCc1ccc(C)cc1)NCc1ccc(OC)c(Br)c1.I. The molecular weight excluding hydrogens is 481 g/mol. The van der Waals surface area contributed by atoms with E-state index in [0.29, 0.717) is 6.54 Å². The molecule has 0 atom stereocenters. The van der Waals surface area contributed by atoms with Gasteiger partial charge in [0.05, 0.1) is 11.6 Å². The first-order chi connectivity index (χ1) is 11.1. The monoisotopic (exact) mass is 503 g/mol. The fraction of sp³-hybridized carbons (Fsp3) is 0.278. The second kappa shape index (κ2) is 10.6. The van der Waals surface area contributed by atoms with E-state index in [1.807, 2.05) is 18.2 Å². The molecule has 130 valence electrons. The first-order valence-electron chi connectivity index (χ1n) is 7.45. The molecule has 0 spiro atoms. The van der Waals surface area contributed by atoms with Crippen LogP contribution in [0.5, 0.6) is 5.75 Å². The quantitative estimate of drug-likeness (QED) is 0.364. The Morgan fingerprint density at radius 1 is 1.04 bits per heavy atom. The van der Waals surface area contributed by atoms with Crippen LogP contribution < -0.4 is 15.4 Å². The van der Waals surface area contributed by atoms with Crippen LogP contribution in [-0.4, -0.2) is 20.1 Å². The van der Waals surface area contributed by atoms with Crippen molar-refractivity contribution in [1.82, 2.24) is 10.6 Å². The largest absolute Gasteiger partial charge is 0.496 e. The van der Waals surface area contributed by atoms with Gasteiger partial charge in [0.25, 0.3) is 0 Å². The van der Waals surface area contributed by atoms with Crippen molar-refractivity contribution in [2.24, 2.45) is 4.99 Å². The van der Waals surface area contributed by atoms with Crippen molar-refractivity contribution in [2.75, 3.05) is 14.2 Å². The highest BCUT2D eigenvalue weighted by atomic mass is 127. The predicted octanol–water partition coefficient (Wildman–Crippen LogP) is 4.25. The van der Waals surface area contributed by atoms with Gasteiger partial charge in [0, 0.05) is 20.1 Å². The van der Waals surface area contributed by atoms with E-state index in [4.69, 9.17) is 4.74 Å². The molecule has 0 aliphatic rings. The first kappa shape index (κ1) is 20.8. The third-order valence-electron chi connectivity index (χ3n) is 3.48. The molecule has 0 radical (unpaired) electrons. The second-order valence-corrected chi connectivity index (χ2v) is 6.09. The number of halogens is 2. The molecule has 2 rings (SSSR count). The molecule has 4 nitrogen and oxygen atoms in total. The fourth-order valence-electron chi connectivity index (χ4n) is 2.12. The highest BCUT2D eigenvalue weighted by Crippen LogP contribution is 2.25. The van der Waals surface area contributed by atoms with Crippen LogP contribution in [-0.2, 0) is 13.1 Å². The summed E-state index contributed by atoms with van der Waals surface area (Å²) < 4.78 is 6.19. The summed E-state index contributed by atoms with van der Waals surface area (Å²) in [5, 5.41) is 6.62. The van der Waals surface area contributed by atoms with Gasteiger partial charge in [0.2, 0.25) is 0 Å². The predicted molar refractivity (Wildman–Crippen MR) is 114 cm³/mol. The van der Waals surface area contributed by atoms with Gasteiger partial charge in [0.15, 0.2) is 5.96 Å². The van der Waals surface area contributed by atoms with Gasteiger partial charge in [-0.1, -0.05) is 35.9 Å². The fourth-order valence-corrected chi connectivity index (χ4v) is 2.71. The van der Waals surface area contributed by atoms with Crippen molar-refractivity contribution in [3.63, 3.8) is 0 Å². The van der Waals surface area contributed by atoms with Crippen LogP contribution >= 0.6 is 39.9 Å². The Morgan fingerprint density at radius 3 is 2.17 bits per heavy atom. The number of aliphatic imine (C=N–C) groups is 1. The average molecular weight is 504 g/mol. The van der Waals surface area contributed by atoms with Crippen LogP contribution in [0.4, 0.5) is 0 Å². The van der Waals surface area contributed by atoms with Gasteiger partial charge >= 0.3 is 0 Å². The van der Waals surface area contributed by atoms with Gasteiger partial charge in [-0.15, -0.1) is 24.0 Å². The van der Waals surface area contributed by atoms with Crippen molar-refractivity contribution in [3.8, 4) is 5.75 Å². The Labute approximate surface area is 169 Å². The number of nitrogens with zero attached hydrogens (tertiary/aromatic N) is 1. The lowest BCUT2D eigenvalue weighted by molar-refractivity contribution is 0.412. The minimum absolute atomic E-state index is 0. The molecule has 0 heterocycles. The van der Waals surface area contributed by atoms with Crippen LogP contribution in [0.1, 0.15) is 16.7 Å². The van der Waals surface area contributed by atoms with Crippen LogP contribution in [0.15, 0.2) is 51.9 Å². The average Bonchev–Trinajstić information content (AvgIpc) is 2.56. The molecule has 0 aromatic heterocycles. The number of aryl methyl sites for hydroxylation is 1. The van der Waals surface area contributed by atoms with Gasteiger partial charge in [-0.3, -0.25) is 4.99 Å². The van der Waals surface area contributed by atoms with Gasteiger partial charge < -0.3 is 15.4 Å². The topological polar surface area (TPSA) is 45.7 Å². The maximum Gasteiger partial charge on any atom is 0.191 e. The Balaban J connectivity index is 0.00000288. The molecule has 0 saturated heterocycles. The van der Waals surface area contributed by atoms with E-state index in [1.54, 1.807) is 14.2 Å². The minimum atomic E-state index is 0. The number of hydrogen-bond donors (Lipinski definition) is 2. The summed E-state index contributed by atoms with van der Waals surface area (Å²) in [6, 6.07) is 14.5. The van der Waals surface area contributed by atoms with Crippen molar-refractivity contribution in [3.05, 3.63) is 63.6 Å². The van der Waals surface area contributed by atoms with Crippen molar-refractivity contribution in [1.29, 1.82) is 0 Å². The van der Waals surface area contributed by atoms with Gasteiger partial charge in [0.1, 0.15) is 5.75 Å². The maximum absolute atomic E-state index is 5.24. The molecular formula is C18H23BrIN3O. The van der Waals surface area contributed by atoms with E-state index >= 15 is 0 Å². The van der Waals surface area contributed by atoms with Crippen LogP contribution in [0.2, 0.25) is 0 Å². The summed E-state index contributed by atoms with van der Waals surface area (Å²) in [6.45, 7) is 3.52. The summed E-state index contributed by atoms with van der Waals surface area (Å²) in [6.07, 6.45) is 0. The summed E-state index contributed by atoms with van der Waals surface area (Å²) in [7, 11) is 3.43. The maximum atomic E-state index is 5.24. The number of hydrogen-bond acceptors (Lipinski definition) is 2. The molecule has 0 amide bonds. The minimum Gasteiger partial charge on any atom is -0.496 e. The summed E-state index contributed by atoms with van der Waals surface area (Å²) in [5.74, 6) is 1.60. The van der Waals surface area contributed by atoms with Gasteiger partial charge in [-0.05, 0) is 46.1 Å². The second-order valence-electron chi connectivity index (χ2n) is 5.23. The van der Waals surface area contributed by atoms with Crippen molar-refractivity contribution < 1.29 is 4.74 Å². The van der Waals surface area contributed by atoms with Gasteiger partial charge in [-0.2, -0.15) is 0 Å². The molecule has 0 bridgehead atoms. The third-order valence-corrected chi connectivity index (χ3v) is 4.10. The lowest BCUT2D eigenvalue weighted by atomic mass is 10.1. The van der Waals surface area contributed by atoms with E-state index in [-0.39, 0.29) is 24.0 Å². The standard InChI is InChI=1S/C18H22BrN3O.HI/c1-13-4-6-14(7-5-13)11-21-18(20-2)22-12-15-8-9-17(23-3)16(19)10-15;/h4-10H,11-12H2,1-3H3,(H2,20,21,22);1H. The number of guanidine groups is 1. The molecule has 0 unspecified atom stereocenters. The molecule has 0 aliphatic carbocycles. The van der Waals surface area contributed by atoms with E-state index in [9.17, 15) is 0 Å². The molecule has 24 heavy (non-hydrogen) atoms. The molecule has 2 N–H and O–H groups in total. The Hall–Kier alpha value is -1.28. The molecule has 0 fully saturated rings. The summed E-state index contributed by atoms with van der Waals surface area (Å²) in [4.78, 5) is 4.25. The molecule has 0 saturated carbocycles. The van der Waals surface area contributed by atoms with Crippen LogP contribution in [0.25, 0.3) is 0 Å². The Bertz CT molecular complexity index is 674. The van der Waals surface area contributed by atoms with Crippen LogP contribution in [0, 0.1) is 6.92 Å². The lowest BCUT2D eigenvalue weighted by Gasteiger charge is -2.13. The van der Waals surface area contributed by atoms with Crippen molar-refractivity contribution in [2.45, 2.75) is 20.0 Å². The summed E-state index contributed by atoms with van der Waals surface area (Å²) >= 11 is 3.50. The summed E-state index contributed by atoms with van der Waals surface area (Å²) in [5.41, 5.74) is 3.64. The highest BCUT2D eigenvalue weighted by Gasteiger charge is 2.03. The van der Waals surface area contributed by atoms with E-state index in [1.165, 1.54) is 11.1 Å². The first-order valence-corrected chi connectivity index (χ1v) is 8.24. The normalized spacial score (nSPS) is 10.8. The van der Waals surface area contributed by atoms with E-state index in [2.05, 4.69) is 62.7 Å². The number of rotatable bonds is 5. The molecule has 6 heteroatoms. The van der Waals surface area contributed by atoms with E-state index < -0.39 is 0 Å². The number of nitrogens with one attached hydrogen (secondary N) is 2. The Morgan fingerprint density at radius 2 is 1.62 bits per heavy atom. The highest BCUT2D eigenvalue weighted by molar-refractivity contribution is 14.0. The van der Waals surface area contributed by atoms with Crippen LogP contribution in [0.3, 0.4) is 0 Å². The lowest BCUT2D eigenvalue weighted by Crippen LogP contribution is -2.36. The zero-order valence-corrected chi connectivity index (χ0v) is 18.0. The number of benzene rings is 2. The molecule has 2 aromatic rings. The number of ether oxygens (including phenoxy) is 1. The van der Waals surface area contributed by atoms with E-state index in [0.717, 1.165) is 28.3 Å². The zero-order valence-electron chi connectivity index (χ0n) is 14.1. The van der Waals surface area contributed by atoms with Crippen molar-refractivity contribution >= 4 is 45.9 Å². The number of methoxy groups -OCH3 is 1. The molecule has 0 aliphatic heterocycles. The zero-order chi connectivity index (χ0) is 16.7. The molecule has 2 aromatic carbocycles. The third kappa shape index (κ3) is 6.32. The Kier molecular flexibility index (Phi) is 9.13. The van der Waals surface area contributed by atoms with Gasteiger partial charge in [-0.25, -0.2) is 0 Å².